The van der Waals surface area contributed by atoms with Gasteiger partial charge >= 0.3 is 21.1 Å². The molecule has 0 spiro atoms. The van der Waals surface area contributed by atoms with Gasteiger partial charge in [-0.25, -0.2) is 4.98 Å². The summed E-state index contributed by atoms with van der Waals surface area (Å²) in [4.78, 5) is 15.5. The zero-order valence-corrected chi connectivity index (χ0v) is 43.4. The number of imidazole rings is 1. The Labute approximate surface area is 430 Å². The number of para-hydroxylation sites is 4. The molecule has 0 saturated heterocycles. The minimum atomic E-state index is -0.255. The topological polar surface area (TPSA) is 42.1 Å². The van der Waals surface area contributed by atoms with Crippen LogP contribution < -0.4 is 26.2 Å². The van der Waals surface area contributed by atoms with E-state index in [0.29, 0.717) is 0 Å². The predicted molar refractivity (Wildman–Crippen MR) is 293 cm³/mol. The van der Waals surface area contributed by atoms with Crippen molar-refractivity contribution >= 4 is 90.1 Å². The fourth-order valence-electron chi connectivity index (χ4n) is 12.0. The molecule has 0 radical (unpaired) electrons. The van der Waals surface area contributed by atoms with E-state index < -0.39 is 0 Å². The first-order valence-corrected chi connectivity index (χ1v) is 24.5. The van der Waals surface area contributed by atoms with E-state index in [9.17, 15) is 0 Å². The van der Waals surface area contributed by atoms with E-state index in [-0.39, 0.29) is 33.7 Å². The van der Waals surface area contributed by atoms with Crippen LogP contribution in [0.3, 0.4) is 0 Å². The molecular weight excluding hydrogens is 1050 g/mol. The summed E-state index contributed by atoms with van der Waals surface area (Å²) < 4.78 is 4.59. The minimum absolute atomic E-state index is 0. The SMILES string of the molecule is Cc1cc(C)c(N2c3ccc(-c4nc5ccccc5n4-c4ccccc4)[c-]c3B3c4[c-]c5c(cc4N(c4c(C)cc(C)cc4C)c4cc(C(C)C)cc2c43)c2ccccc2n5-c2ccccn2)c(C)c1.[Pt+2]. The first-order valence-electron chi connectivity index (χ1n) is 24.5. The zero-order chi connectivity index (χ0) is 47.7. The summed E-state index contributed by atoms with van der Waals surface area (Å²) in [6.45, 7) is 17.9. The second kappa shape index (κ2) is 16.9. The fourth-order valence-corrected chi connectivity index (χ4v) is 12.0. The van der Waals surface area contributed by atoms with E-state index in [1.165, 1.54) is 67.2 Å². The molecule has 6 nitrogen and oxygen atoms in total. The smallest absolute Gasteiger partial charge is 0.366 e. The molecule has 0 atom stereocenters. The van der Waals surface area contributed by atoms with Crippen molar-refractivity contribution in [3.05, 3.63) is 209 Å². The quantitative estimate of drug-likeness (QED) is 0.123. The van der Waals surface area contributed by atoms with E-state index in [0.717, 1.165) is 78.0 Å². The average Bonchev–Trinajstić information content (AvgIpc) is 3.90. The van der Waals surface area contributed by atoms with E-state index in [4.69, 9.17) is 9.97 Å². The molecule has 3 aromatic heterocycles. The Morgan fingerprint density at radius 1 is 0.521 bits per heavy atom. The van der Waals surface area contributed by atoms with Crippen molar-refractivity contribution in [2.45, 2.75) is 61.3 Å². The number of fused-ring (bicyclic) bond motifs is 8. The first kappa shape index (κ1) is 44.7. The number of rotatable bonds is 6. The maximum atomic E-state index is 5.41. The second-order valence-corrected chi connectivity index (χ2v) is 19.9. The Bertz CT molecular complexity index is 3920. The summed E-state index contributed by atoms with van der Waals surface area (Å²) in [6, 6.07) is 63.7. The van der Waals surface area contributed by atoms with Crippen LogP contribution in [0.15, 0.2) is 158 Å². The Morgan fingerprint density at radius 3 is 1.76 bits per heavy atom. The molecule has 71 heavy (non-hydrogen) atoms. The van der Waals surface area contributed by atoms with Gasteiger partial charge in [-0.05, 0) is 146 Å². The first-order chi connectivity index (χ1) is 34.0. The van der Waals surface area contributed by atoms with Gasteiger partial charge in [-0.1, -0.05) is 115 Å². The molecule has 0 amide bonds. The normalized spacial score (nSPS) is 12.7. The van der Waals surface area contributed by atoms with Gasteiger partial charge in [0.1, 0.15) is 5.82 Å². The molecular formula is C63H51BN6Pt. The van der Waals surface area contributed by atoms with Crippen molar-refractivity contribution in [2.75, 3.05) is 9.80 Å². The molecule has 11 aromatic rings. The predicted octanol–water partition coefficient (Wildman–Crippen LogP) is 13.8. The van der Waals surface area contributed by atoms with Crippen molar-refractivity contribution in [1.82, 2.24) is 19.1 Å². The van der Waals surface area contributed by atoms with E-state index >= 15 is 0 Å². The summed E-state index contributed by atoms with van der Waals surface area (Å²) in [5.41, 5.74) is 25.2. The molecule has 0 bridgehead atoms. The fraction of sp³-hybridized carbons (Fsp3) is 0.143. The second-order valence-electron chi connectivity index (χ2n) is 19.9. The third kappa shape index (κ3) is 6.80. The molecule has 2 aliphatic rings. The third-order valence-electron chi connectivity index (χ3n) is 14.7. The summed E-state index contributed by atoms with van der Waals surface area (Å²) in [5, 5.41) is 2.30. The van der Waals surface area contributed by atoms with Crippen LogP contribution in [-0.4, -0.2) is 25.8 Å². The van der Waals surface area contributed by atoms with Gasteiger partial charge in [-0.2, -0.15) is 11.5 Å². The number of pyridine rings is 1. The van der Waals surface area contributed by atoms with Crippen LogP contribution in [0.1, 0.15) is 58.7 Å². The van der Waals surface area contributed by atoms with Crippen LogP contribution in [-0.2, 0) is 21.1 Å². The molecule has 0 aliphatic carbocycles. The van der Waals surface area contributed by atoms with Crippen molar-refractivity contribution in [3.8, 4) is 22.9 Å². The van der Waals surface area contributed by atoms with Crippen molar-refractivity contribution in [3.63, 3.8) is 0 Å². The maximum Gasteiger partial charge on any atom is 2.00 e. The summed E-state index contributed by atoms with van der Waals surface area (Å²) >= 11 is 0. The number of hydrogen-bond donors (Lipinski definition) is 0. The number of anilines is 6. The van der Waals surface area contributed by atoms with Crippen LogP contribution in [0.4, 0.5) is 34.1 Å². The van der Waals surface area contributed by atoms with Gasteiger partial charge in [-0.15, -0.1) is 40.7 Å². The van der Waals surface area contributed by atoms with Crippen molar-refractivity contribution in [1.29, 1.82) is 0 Å². The third-order valence-corrected chi connectivity index (χ3v) is 14.7. The van der Waals surface area contributed by atoms with Gasteiger partial charge in [0, 0.05) is 40.2 Å². The molecule has 0 saturated carbocycles. The molecule has 8 heteroatoms. The Morgan fingerprint density at radius 2 is 1.11 bits per heavy atom. The number of aryl methyl sites for hydroxylation is 6. The van der Waals surface area contributed by atoms with Gasteiger partial charge in [0.15, 0.2) is 0 Å². The molecule has 5 heterocycles. The number of benzene rings is 8. The van der Waals surface area contributed by atoms with E-state index in [2.05, 4.69) is 232 Å². The molecule has 13 rings (SSSR count). The van der Waals surface area contributed by atoms with Crippen molar-refractivity contribution in [2.24, 2.45) is 0 Å². The summed E-state index contributed by atoms with van der Waals surface area (Å²) in [7, 11) is 0. The van der Waals surface area contributed by atoms with Crippen LogP contribution in [0, 0.1) is 53.7 Å². The Hall–Kier alpha value is -7.47. The van der Waals surface area contributed by atoms with Gasteiger partial charge in [0.25, 0.3) is 0 Å². The van der Waals surface area contributed by atoms with Crippen LogP contribution in [0.5, 0.6) is 0 Å². The van der Waals surface area contributed by atoms with E-state index in [1.54, 1.807) is 0 Å². The summed E-state index contributed by atoms with van der Waals surface area (Å²) in [6.07, 6.45) is 1.88. The van der Waals surface area contributed by atoms with Crippen LogP contribution >= 0.6 is 0 Å². The standard InChI is InChI=1S/C63H51BN6.Pt/c1-37(2)45-33-57-60-58(34-45)70(62-42(7)30-39(4)31-43(62)8)56-35-48-47-20-12-14-22-52(47)68(59-24-16-17-27-65-59)55(48)36-50(56)64(60)49-32-44(25-26-53(49)69(57)61-40(5)28-38(3)29-41(61)6)63-66-51-21-13-15-23-54(51)67(63)46-18-10-9-11-19-46;/h9-31,33-35,37H,1-8H3;/q-2;+2. The largest absolute Gasteiger partial charge is 2.00 e. The molecule has 0 fully saturated rings. The van der Waals surface area contributed by atoms with Gasteiger partial charge < -0.3 is 18.9 Å². The van der Waals surface area contributed by atoms with Gasteiger partial charge in [-0.3, -0.25) is 4.98 Å². The number of hydrogen-bond acceptors (Lipinski definition) is 4. The Balaban J connectivity index is 0.00000517. The number of nitrogens with zero attached hydrogens (tertiary/aromatic N) is 6. The zero-order valence-electron chi connectivity index (χ0n) is 41.2. The average molecular weight is 1100 g/mol. The molecule has 0 unspecified atom stereocenters. The molecule has 0 N–H and O–H groups in total. The van der Waals surface area contributed by atoms with Crippen molar-refractivity contribution < 1.29 is 21.1 Å². The maximum absolute atomic E-state index is 5.41. The van der Waals surface area contributed by atoms with Gasteiger partial charge in [0.05, 0.1) is 16.9 Å². The number of aromatic nitrogens is 4. The molecule has 2 aliphatic heterocycles. The molecule has 8 aromatic carbocycles. The molecule has 346 valence electrons. The Kier molecular flexibility index (Phi) is 10.6. The monoisotopic (exact) mass is 1100 g/mol. The van der Waals surface area contributed by atoms with E-state index in [1.807, 2.05) is 12.3 Å². The van der Waals surface area contributed by atoms with Gasteiger partial charge in [0.2, 0.25) is 6.71 Å². The minimum Gasteiger partial charge on any atom is -0.366 e. The van der Waals surface area contributed by atoms with Crippen LogP contribution in [0.25, 0.3) is 55.7 Å². The summed E-state index contributed by atoms with van der Waals surface area (Å²) in [5.74, 6) is 1.97. The van der Waals surface area contributed by atoms with Crippen LogP contribution in [0.2, 0.25) is 0 Å².